The van der Waals surface area contributed by atoms with Gasteiger partial charge in [-0.25, -0.2) is 0 Å². The number of nitrogens with one attached hydrogen (secondary N) is 1. The third-order valence-electron chi connectivity index (χ3n) is 6.68. The van der Waals surface area contributed by atoms with Gasteiger partial charge < -0.3 is 9.73 Å². The predicted octanol–water partition coefficient (Wildman–Crippen LogP) is 10.1. The van der Waals surface area contributed by atoms with Crippen molar-refractivity contribution in [1.29, 1.82) is 0 Å². The second-order valence-corrected chi connectivity index (χ2v) is 10.7. The van der Waals surface area contributed by atoms with Crippen molar-refractivity contribution in [2.24, 2.45) is 0 Å². The van der Waals surface area contributed by atoms with Gasteiger partial charge in [-0.3, -0.25) is 0 Å². The molecule has 3 aromatic heterocycles. The van der Waals surface area contributed by atoms with Crippen LogP contribution >= 0.6 is 22.7 Å². The second kappa shape index (κ2) is 6.83. The van der Waals surface area contributed by atoms with Crippen LogP contribution in [0.2, 0.25) is 0 Å². The van der Waals surface area contributed by atoms with E-state index in [1.54, 1.807) is 0 Å². The van der Waals surface area contributed by atoms with E-state index in [0.29, 0.717) is 0 Å². The molecule has 0 saturated carbocycles. The number of rotatable bonds is 2. The van der Waals surface area contributed by atoms with E-state index in [1.807, 2.05) is 34.8 Å². The van der Waals surface area contributed by atoms with Crippen molar-refractivity contribution in [2.45, 2.75) is 0 Å². The SMILES string of the molecule is c1ccc2c(c1)oc1c(Nc3cccc4c3sc3c4ccc4sc5ccccc5c43)cccc12. The number of fused-ring (bicyclic) bond motifs is 10. The molecular formula is C30H17NOS2. The number of furan rings is 1. The first-order chi connectivity index (χ1) is 16.8. The van der Waals surface area contributed by atoms with E-state index in [-0.39, 0.29) is 0 Å². The molecule has 8 rings (SSSR count). The largest absolute Gasteiger partial charge is 0.454 e. The van der Waals surface area contributed by atoms with E-state index < -0.39 is 0 Å². The maximum Gasteiger partial charge on any atom is 0.158 e. The third kappa shape index (κ3) is 2.50. The Bertz CT molecular complexity index is 2060. The van der Waals surface area contributed by atoms with Crippen molar-refractivity contribution in [3.8, 4) is 0 Å². The molecule has 0 unspecified atom stereocenters. The van der Waals surface area contributed by atoms with E-state index in [9.17, 15) is 0 Å². The van der Waals surface area contributed by atoms with Crippen LogP contribution in [0.1, 0.15) is 0 Å². The van der Waals surface area contributed by atoms with E-state index in [1.165, 1.54) is 40.3 Å². The van der Waals surface area contributed by atoms with Crippen LogP contribution in [0.3, 0.4) is 0 Å². The maximum atomic E-state index is 6.26. The zero-order valence-corrected chi connectivity index (χ0v) is 19.6. The van der Waals surface area contributed by atoms with Crippen molar-refractivity contribution in [3.05, 3.63) is 97.1 Å². The summed E-state index contributed by atoms with van der Waals surface area (Å²) in [5, 5.41) is 11.3. The van der Waals surface area contributed by atoms with E-state index >= 15 is 0 Å². The topological polar surface area (TPSA) is 25.2 Å². The standard InChI is InChI=1S/C30H17NOS2/c1-3-13-24-17(7-1)18-9-5-11-22(28(18)32-24)31-23-12-6-10-19-20-15-16-26-27(30(20)34-29(19)23)21-8-2-4-14-25(21)33-26/h1-16,31H. The number of hydrogen-bond acceptors (Lipinski definition) is 4. The molecule has 3 heterocycles. The number of thiophene rings is 2. The number of hydrogen-bond donors (Lipinski definition) is 1. The molecule has 160 valence electrons. The van der Waals surface area contributed by atoms with Crippen LogP contribution in [0.4, 0.5) is 11.4 Å². The first-order valence-electron chi connectivity index (χ1n) is 11.3. The van der Waals surface area contributed by atoms with Crippen molar-refractivity contribution >= 4 is 96.3 Å². The monoisotopic (exact) mass is 471 g/mol. The Balaban J connectivity index is 1.38. The van der Waals surface area contributed by atoms with Crippen LogP contribution in [0.25, 0.3) is 62.3 Å². The van der Waals surface area contributed by atoms with Gasteiger partial charge in [-0.2, -0.15) is 0 Å². The highest BCUT2D eigenvalue weighted by Crippen LogP contribution is 2.46. The first kappa shape index (κ1) is 18.6. The lowest BCUT2D eigenvalue weighted by Crippen LogP contribution is -1.90. The minimum Gasteiger partial charge on any atom is -0.454 e. The molecule has 0 fully saturated rings. The molecule has 1 N–H and O–H groups in total. The molecule has 8 aromatic rings. The highest BCUT2D eigenvalue weighted by Gasteiger charge is 2.16. The van der Waals surface area contributed by atoms with Gasteiger partial charge in [0.2, 0.25) is 0 Å². The lowest BCUT2D eigenvalue weighted by molar-refractivity contribution is 0.670. The zero-order valence-electron chi connectivity index (χ0n) is 18.0. The zero-order chi connectivity index (χ0) is 22.2. The summed E-state index contributed by atoms with van der Waals surface area (Å²) in [7, 11) is 0. The molecule has 0 aliphatic carbocycles. The lowest BCUT2D eigenvalue weighted by Gasteiger charge is -2.08. The minimum absolute atomic E-state index is 0.896. The smallest absolute Gasteiger partial charge is 0.158 e. The molecule has 0 radical (unpaired) electrons. The predicted molar refractivity (Wildman–Crippen MR) is 149 cm³/mol. The van der Waals surface area contributed by atoms with Gasteiger partial charge in [0.15, 0.2) is 5.58 Å². The summed E-state index contributed by atoms with van der Waals surface area (Å²) in [6, 6.07) is 34.4. The Labute approximate surface area is 202 Å². The normalized spacial score (nSPS) is 12.1. The fourth-order valence-corrected chi connectivity index (χ4v) is 7.66. The highest BCUT2D eigenvalue weighted by atomic mass is 32.1. The average Bonchev–Trinajstić information content (AvgIpc) is 3.55. The van der Waals surface area contributed by atoms with E-state index in [4.69, 9.17) is 4.42 Å². The molecule has 0 aliphatic heterocycles. The van der Waals surface area contributed by atoms with Gasteiger partial charge >= 0.3 is 0 Å². The van der Waals surface area contributed by atoms with Crippen LogP contribution in [-0.4, -0.2) is 0 Å². The van der Waals surface area contributed by atoms with Crippen LogP contribution in [0.15, 0.2) is 101 Å². The van der Waals surface area contributed by atoms with Crippen LogP contribution in [-0.2, 0) is 0 Å². The molecule has 0 saturated heterocycles. The summed E-state index contributed by atoms with van der Waals surface area (Å²) in [6.07, 6.45) is 0. The highest BCUT2D eigenvalue weighted by molar-refractivity contribution is 7.30. The Kier molecular flexibility index (Phi) is 3.73. The van der Waals surface area contributed by atoms with Gasteiger partial charge in [0.25, 0.3) is 0 Å². The van der Waals surface area contributed by atoms with Crippen molar-refractivity contribution in [3.63, 3.8) is 0 Å². The summed E-state index contributed by atoms with van der Waals surface area (Å²) in [4.78, 5) is 0. The molecule has 0 aliphatic rings. The van der Waals surface area contributed by atoms with Crippen molar-refractivity contribution in [1.82, 2.24) is 0 Å². The summed E-state index contributed by atoms with van der Waals surface area (Å²) in [5.74, 6) is 0. The number of para-hydroxylation sites is 2. The number of anilines is 2. The molecule has 5 aromatic carbocycles. The van der Waals surface area contributed by atoms with Crippen LogP contribution in [0.5, 0.6) is 0 Å². The summed E-state index contributed by atoms with van der Waals surface area (Å²) in [6.45, 7) is 0. The Morgan fingerprint density at radius 3 is 2.18 bits per heavy atom. The van der Waals surface area contributed by atoms with Gasteiger partial charge in [-0.05, 0) is 30.3 Å². The Hall–Kier alpha value is -3.86. The van der Waals surface area contributed by atoms with Crippen molar-refractivity contribution in [2.75, 3.05) is 5.32 Å². The average molecular weight is 472 g/mol. The molecule has 4 heteroatoms. The van der Waals surface area contributed by atoms with Gasteiger partial charge in [-0.15, -0.1) is 22.7 Å². The van der Waals surface area contributed by atoms with Crippen molar-refractivity contribution < 1.29 is 4.42 Å². The fraction of sp³-hybridized carbons (Fsp3) is 0. The molecule has 0 amide bonds. The van der Waals surface area contributed by atoms with Gasteiger partial charge in [0, 0.05) is 46.4 Å². The Morgan fingerprint density at radius 1 is 0.500 bits per heavy atom. The maximum absolute atomic E-state index is 6.26. The third-order valence-corrected chi connectivity index (χ3v) is 9.09. The van der Waals surface area contributed by atoms with Gasteiger partial charge in [-0.1, -0.05) is 66.7 Å². The summed E-state index contributed by atoms with van der Waals surface area (Å²) in [5.41, 5.74) is 3.91. The van der Waals surface area contributed by atoms with Gasteiger partial charge in [0.05, 0.1) is 16.1 Å². The van der Waals surface area contributed by atoms with Crippen LogP contribution in [0, 0.1) is 0 Å². The molecule has 0 atom stereocenters. The molecule has 0 spiro atoms. The molecule has 2 nitrogen and oxygen atoms in total. The first-order valence-corrected chi connectivity index (χ1v) is 12.9. The van der Waals surface area contributed by atoms with E-state index in [2.05, 4.69) is 90.2 Å². The summed E-state index contributed by atoms with van der Waals surface area (Å²) >= 11 is 3.76. The fourth-order valence-electron chi connectivity index (χ4n) is 5.15. The molecule has 0 bridgehead atoms. The van der Waals surface area contributed by atoms with Crippen LogP contribution < -0.4 is 5.32 Å². The van der Waals surface area contributed by atoms with E-state index in [0.717, 1.165) is 33.3 Å². The summed E-state index contributed by atoms with van der Waals surface area (Å²) < 4.78 is 11.6. The molecule has 34 heavy (non-hydrogen) atoms. The Morgan fingerprint density at radius 2 is 1.24 bits per heavy atom. The number of benzene rings is 5. The second-order valence-electron chi connectivity index (χ2n) is 8.60. The van der Waals surface area contributed by atoms with Gasteiger partial charge in [0.1, 0.15) is 5.58 Å². The quantitative estimate of drug-likeness (QED) is 0.271. The minimum atomic E-state index is 0.896. The lowest BCUT2D eigenvalue weighted by atomic mass is 10.1. The molecular weight excluding hydrogens is 454 g/mol.